The fourth-order valence-electron chi connectivity index (χ4n) is 3.24. The van der Waals surface area contributed by atoms with Crippen LogP contribution in [0.4, 0.5) is 13.2 Å². The zero-order valence-electron chi connectivity index (χ0n) is 14.4. The van der Waals surface area contributed by atoms with Gasteiger partial charge in [-0.2, -0.15) is 0 Å². The van der Waals surface area contributed by atoms with Crippen molar-refractivity contribution in [3.05, 3.63) is 72.3 Å². The summed E-state index contributed by atoms with van der Waals surface area (Å²) in [5.74, 6) is -0.0759. The van der Waals surface area contributed by atoms with Crippen LogP contribution in [-0.4, -0.2) is 19.5 Å². The third kappa shape index (κ3) is 4.01. The summed E-state index contributed by atoms with van der Waals surface area (Å²) in [6.07, 6.45) is -5.13. The fourth-order valence-corrected chi connectivity index (χ4v) is 3.24. The number of fused-ring (bicyclic) bond motifs is 1. The first kappa shape index (κ1) is 17.7. The van der Waals surface area contributed by atoms with E-state index in [0.717, 1.165) is 29.4 Å². The Morgan fingerprint density at radius 2 is 1.52 bits per heavy atom. The molecule has 0 amide bonds. The second-order valence-electron chi connectivity index (χ2n) is 6.56. The molecule has 3 aromatic carbocycles. The lowest BCUT2D eigenvalue weighted by Gasteiger charge is -2.35. The van der Waals surface area contributed by atoms with Crippen molar-refractivity contribution in [2.24, 2.45) is 5.92 Å². The van der Waals surface area contributed by atoms with Gasteiger partial charge in [-0.25, -0.2) is 0 Å². The number of alkyl halides is 3. The number of benzene rings is 3. The minimum Gasteiger partial charge on any atom is -0.481 e. The summed E-state index contributed by atoms with van der Waals surface area (Å²) in [4.78, 5) is 0. The van der Waals surface area contributed by atoms with E-state index >= 15 is 0 Å². The Kier molecular flexibility index (Phi) is 4.66. The summed E-state index contributed by atoms with van der Waals surface area (Å²) in [7, 11) is 0. The number of ether oxygens (including phenoxy) is 2. The Balaban J connectivity index is 1.67. The second-order valence-corrected chi connectivity index (χ2v) is 6.56. The number of nitrogens with one attached hydrogen (secondary N) is 1. The molecule has 0 aliphatic carbocycles. The predicted molar refractivity (Wildman–Crippen MR) is 96.8 cm³/mol. The summed E-state index contributed by atoms with van der Waals surface area (Å²) in [6.45, 7) is 1.50. The van der Waals surface area contributed by atoms with Gasteiger partial charge in [-0.3, -0.25) is 0 Å². The van der Waals surface area contributed by atoms with Crippen molar-refractivity contribution in [2.45, 2.75) is 12.5 Å². The molecule has 0 bridgehead atoms. The van der Waals surface area contributed by atoms with Gasteiger partial charge in [-0.15, -0.1) is 13.2 Å². The highest BCUT2D eigenvalue weighted by molar-refractivity contribution is 5.83. The molecule has 1 N–H and O–H groups in total. The van der Waals surface area contributed by atoms with Crippen LogP contribution >= 0.6 is 0 Å². The average Bonchev–Trinajstić information content (AvgIpc) is 2.59. The Hall–Kier alpha value is -2.73. The van der Waals surface area contributed by atoms with Gasteiger partial charge in [0.2, 0.25) is 0 Å². The van der Waals surface area contributed by atoms with Gasteiger partial charge in [0.1, 0.15) is 6.10 Å². The van der Waals surface area contributed by atoms with Crippen LogP contribution in [-0.2, 0) is 0 Å². The molecule has 6 heteroatoms. The van der Waals surface area contributed by atoms with E-state index in [2.05, 4.69) is 10.1 Å². The number of halogens is 3. The molecule has 0 aromatic heterocycles. The van der Waals surface area contributed by atoms with Gasteiger partial charge in [0.05, 0.1) is 0 Å². The van der Waals surface area contributed by atoms with E-state index in [9.17, 15) is 13.2 Å². The first-order valence-electron chi connectivity index (χ1n) is 8.70. The van der Waals surface area contributed by atoms with Gasteiger partial charge in [0.25, 0.3) is 0 Å². The first-order valence-corrected chi connectivity index (χ1v) is 8.70. The Labute approximate surface area is 154 Å². The van der Waals surface area contributed by atoms with Gasteiger partial charge in [0.15, 0.2) is 11.5 Å². The smallest absolute Gasteiger partial charge is 0.481 e. The fraction of sp³-hybridized carbons (Fsp3) is 0.238. The van der Waals surface area contributed by atoms with Gasteiger partial charge in [-0.05, 0) is 34.5 Å². The van der Waals surface area contributed by atoms with Gasteiger partial charge >= 0.3 is 6.36 Å². The summed E-state index contributed by atoms with van der Waals surface area (Å²) >= 11 is 0. The quantitative estimate of drug-likeness (QED) is 0.677. The molecule has 3 nitrogen and oxygen atoms in total. The van der Waals surface area contributed by atoms with E-state index in [4.69, 9.17) is 4.74 Å². The zero-order chi connectivity index (χ0) is 18.9. The second kappa shape index (κ2) is 7.12. The lowest BCUT2D eigenvalue weighted by atomic mass is 9.89. The van der Waals surface area contributed by atoms with E-state index in [1.165, 1.54) is 18.2 Å². The highest BCUT2D eigenvalue weighted by Gasteiger charge is 2.34. The van der Waals surface area contributed by atoms with Crippen molar-refractivity contribution in [3.8, 4) is 11.5 Å². The predicted octanol–water partition coefficient (Wildman–Crippen LogP) is 5.08. The van der Waals surface area contributed by atoms with Crippen molar-refractivity contribution < 1.29 is 22.6 Å². The molecule has 1 atom stereocenters. The lowest BCUT2D eigenvalue weighted by molar-refractivity contribution is -0.275. The molecule has 140 valence electrons. The van der Waals surface area contributed by atoms with Gasteiger partial charge in [0, 0.05) is 19.0 Å². The Morgan fingerprint density at radius 1 is 0.852 bits per heavy atom. The van der Waals surface area contributed by atoms with E-state index in [1.807, 2.05) is 42.5 Å². The van der Waals surface area contributed by atoms with Crippen molar-refractivity contribution in [1.82, 2.24) is 5.32 Å². The molecule has 1 saturated heterocycles. The summed E-state index contributed by atoms with van der Waals surface area (Å²) < 4.78 is 48.3. The summed E-state index contributed by atoms with van der Waals surface area (Å²) in [5.41, 5.74) is 0.932. The monoisotopic (exact) mass is 373 g/mol. The van der Waals surface area contributed by atoms with Crippen LogP contribution in [0, 0.1) is 5.92 Å². The molecule has 0 radical (unpaired) electrons. The van der Waals surface area contributed by atoms with Crippen molar-refractivity contribution in [1.29, 1.82) is 0 Å². The molecular weight excluding hydrogens is 355 g/mol. The van der Waals surface area contributed by atoms with Crippen LogP contribution in [0.15, 0.2) is 66.7 Å². The number of hydrogen-bond donors (Lipinski definition) is 1. The van der Waals surface area contributed by atoms with Gasteiger partial charge < -0.3 is 14.8 Å². The molecule has 4 rings (SSSR count). The molecule has 3 aromatic rings. The molecule has 1 aliphatic heterocycles. The maximum Gasteiger partial charge on any atom is 0.573 e. The normalized spacial score (nSPS) is 16.0. The van der Waals surface area contributed by atoms with Crippen molar-refractivity contribution in [3.63, 3.8) is 0 Å². The van der Waals surface area contributed by atoms with Crippen LogP contribution < -0.4 is 14.8 Å². The largest absolute Gasteiger partial charge is 0.573 e. The maximum atomic E-state index is 12.7. The zero-order valence-corrected chi connectivity index (χ0v) is 14.4. The molecule has 1 heterocycles. The van der Waals surface area contributed by atoms with E-state index in [1.54, 1.807) is 6.07 Å². The maximum absolute atomic E-state index is 12.7. The lowest BCUT2D eigenvalue weighted by Crippen LogP contribution is -2.46. The standard InChI is InChI=1S/C21H18F3NO2/c22-21(23,24)27-19-8-4-3-7-18(19)26-20(17-12-25-13-17)16-10-9-14-5-1-2-6-15(14)11-16/h1-11,17,20,25H,12-13H2. The molecule has 1 unspecified atom stereocenters. The van der Waals surface area contributed by atoms with Crippen LogP contribution in [0.3, 0.4) is 0 Å². The first-order chi connectivity index (χ1) is 13.0. The van der Waals surface area contributed by atoms with Crippen LogP contribution in [0.25, 0.3) is 10.8 Å². The topological polar surface area (TPSA) is 30.5 Å². The molecular formula is C21H18F3NO2. The molecule has 1 aliphatic rings. The highest BCUT2D eigenvalue weighted by atomic mass is 19.4. The number of rotatable bonds is 5. The highest BCUT2D eigenvalue weighted by Crippen LogP contribution is 2.38. The molecule has 0 saturated carbocycles. The Morgan fingerprint density at radius 3 is 2.19 bits per heavy atom. The minimum absolute atomic E-state index is 0.0832. The molecule has 0 spiro atoms. The van der Waals surface area contributed by atoms with Gasteiger partial charge in [-0.1, -0.05) is 48.5 Å². The van der Waals surface area contributed by atoms with E-state index < -0.39 is 6.36 Å². The minimum atomic E-state index is -4.77. The number of hydrogen-bond acceptors (Lipinski definition) is 3. The van der Waals surface area contributed by atoms with Crippen LogP contribution in [0.5, 0.6) is 11.5 Å². The van der Waals surface area contributed by atoms with Crippen molar-refractivity contribution >= 4 is 10.8 Å². The average molecular weight is 373 g/mol. The third-order valence-electron chi connectivity index (χ3n) is 4.67. The molecule has 1 fully saturated rings. The van der Waals surface area contributed by atoms with Crippen LogP contribution in [0.1, 0.15) is 11.7 Å². The third-order valence-corrected chi connectivity index (χ3v) is 4.67. The SMILES string of the molecule is FC(F)(F)Oc1ccccc1OC(c1ccc2ccccc2c1)C1CNC1. The van der Waals surface area contributed by atoms with Crippen molar-refractivity contribution in [2.75, 3.05) is 13.1 Å². The van der Waals surface area contributed by atoms with Crippen LogP contribution in [0.2, 0.25) is 0 Å². The summed E-state index contributed by atoms with van der Waals surface area (Å²) in [5, 5.41) is 5.37. The van der Waals surface area contributed by atoms with E-state index in [0.29, 0.717) is 0 Å². The molecule has 27 heavy (non-hydrogen) atoms. The summed E-state index contributed by atoms with van der Waals surface area (Å²) in [6, 6.07) is 19.9. The number of para-hydroxylation sites is 2. The Bertz CT molecular complexity index is 938. The van der Waals surface area contributed by atoms with E-state index in [-0.39, 0.29) is 23.5 Å².